The number of methoxy groups -OCH3 is 1. The van der Waals surface area contributed by atoms with E-state index in [0.717, 1.165) is 5.39 Å². The largest absolute Gasteiger partial charge is 0.507 e. The summed E-state index contributed by atoms with van der Waals surface area (Å²) < 4.78 is 5.05. The van der Waals surface area contributed by atoms with Crippen molar-refractivity contribution in [2.45, 2.75) is 0 Å². The number of phenols is 1. The lowest BCUT2D eigenvalue weighted by Gasteiger charge is -2.09. The molecule has 6 nitrogen and oxygen atoms in total. The number of hydrogen-bond acceptors (Lipinski definition) is 5. The predicted molar refractivity (Wildman–Crippen MR) is 86.0 cm³/mol. The van der Waals surface area contributed by atoms with E-state index in [4.69, 9.17) is 4.74 Å². The average molecular weight is 310 g/mol. The Kier molecular flexibility index (Phi) is 3.72. The first-order valence-electron chi connectivity index (χ1n) is 6.84. The molecule has 2 aromatic carbocycles. The zero-order chi connectivity index (χ0) is 16.4. The summed E-state index contributed by atoms with van der Waals surface area (Å²) >= 11 is 0. The van der Waals surface area contributed by atoms with Crippen LogP contribution in [0.5, 0.6) is 17.4 Å². The maximum atomic E-state index is 12.3. The third kappa shape index (κ3) is 2.87. The zero-order valence-electron chi connectivity index (χ0n) is 12.3. The number of carbonyl (C=O) groups excluding carboxylic acids is 1. The quantitative estimate of drug-likeness (QED) is 0.692. The maximum Gasteiger partial charge on any atom is 0.259 e. The third-order valence-electron chi connectivity index (χ3n) is 3.45. The van der Waals surface area contributed by atoms with Crippen molar-refractivity contribution in [1.82, 2.24) is 4.98 Å². The van der Waals surface area contributed by atoms with Crippen LogP contribution in [0.15, 0.2) is 48.7 Å². The van der Waals surface area contributed by atoms with Gasteiger partial charge in [-0.2, -0.15) is 0 Å². The number of ether oxygens (including phenoxy) is 1. The first-order chi connectivity index (χ1) is 11.1. The van der Waals surface area contributed by atoms with E-state index in [2.05, 4.69) is 10.3 Å². The first kappa shape index (κ1) is 14.6. The molecule has 1 heterocycles. The van der Waals surface area contributed by atoms with Crippen LogP contribution in [0.3, 0.4) is 0 Å². The average Bonchev–Trinajstić information content (AvgIpc) is 2.56. The van der Waals surface area contributed by atoms with Gasteiger partial charge in [-0.05, 0) is 41.8 Å². The van der Waals surface area contributed by atoms with Gasteiger partial charge in [0.25, 0.3) is 5.91 Å². The Bertz CT molecular complexity index is 893. The Morgan fingerprint density at radius 2 is 1.96 bits per heavy atom. The summed E-state index contributed by atoms with van der Waals surface area (Å²) in [6.45, 7) is 0. The smallest absolute Gasteiger partial charge is 0.259 e. The second kappa shape index (κ2) is 5.84. The van der Waals surface area contributed by atoms with Gasteiger partial charge in [0.1, 0.15) is 11.5 Å². The fourth-order valence-corrected chi connectivity index (χ4v) is 2.25. The van der Waals surface area contributed by atoms with Gasteiger partial charge in [-0.3, -0.25) is 4.79 Å². The normalized spacial score (nSPS) is 10.5. The standard InChI is InChI=1S/C17H14N2O4/c1-23-12-4-5-15(20)14(9-12)17(22)19-11-3-2-10-6-7-18-16(21)13(10)8-11/h2-9,20H,1H3,(H,18,21)(H,19,22). The Hall–Kier alpha value is -3.28. The Morgan fingerprint density at radius 3 is 2.74 bits per heavy atom. The van der Waals surface area contributed by atoms with Crippen LogP contribution in [-0.2, 0) is 0 Å². The second-order valence-electron chi connectivity index (χ2n) is 4.91. The van der Waals surface area contributed by atoms with E-state index in [1.807, 2.05) is 0 Å². The molecule has 3 aromatic rings. The highest BCUT2D eigenvalue weighted by atomic mass is 16.5. The summed E-state index contributed by atoms with van der Waals surface area (Å²) in [6.07, 6.45) is 1.50. The number of nitrogens with one attached hydrogen (secondary N) is 1. The van der Waals surface area contributed by atoms with Crippen LogP contribution in [0.2, 0.25) is 0 Å². The minimum absolute atomic E-state index is 0.0971. The van der Waals surface area contributed by atoms with E-state index in [-0.39, 0.29) is 17.2 Å². The van der Waals surface area contributed by atoms with Crippen molar-refractivity contribution in [3.63, 3.8) is 0 Å². The lowest BCUT2D eigenvalue weighted by atomic mass is 10.1. The van der Waals surface area contributed by atoms with Gasteiger partial charge < -0.3 is 20.3 Å². The minimum Gasteiger partial charge on any atom is -0.507 e. The molecule has 0 aliphatic rings. The van der Waals surface area contributed by atoms with Gasteiger partial charge in [0.15, 0.2) is 0 Å². The van der Waals surface area contributed by atoms with E-state index < -0.39 is 5.91 Å². The topological polar surface area (TPSA) is 91.7 Å². The van der Waals surface area contributed by atoms with E-state index in [9.17, 15) is 15.0 Å². The molecule has 0 aliphatic heterocycles. The lowest BCUT2D eigenvalue weighted by molar-refractivity contribution is 0.102. The summed E-state index contributed by atoms with van der Waals surface area (Å²) in [7, 11) is 1.48. The second-order valence-corrected chi connectivity index (χ2v) is 4.91. The number of amides is 1. The predicted octanol–water partition coefficient (Wildman–Crippen LogP) is 2.91. The summed E-state index contributed by atoms with van der Waals surface area (Å²) in [6, 6.07) is 11.2. The number of aromatic nitrogens is 1. The minimum atomic E-state index is -0.482. The van der Waals surface area contributed by atoms with Gasteiger partial charge >= 0.3 is 0 Å². The van der Waals surface area contributed by atoms with Crippen molar-refractivity contribution < 1.29 is 19.7 Å². The molecule has 3 rings (SSSR count). The fourth-order valence-electron chi connectivity index (χ4n) is 2.25. The highest BCUT2D eigenvalue weighted by Gasteiger charge is 2.13. The summed E-state index contributed by atoms with van der Waals surface area (Å²) in [5, 5.41) is 23.6. The molecule has 0 saturated carbocycles. The molecule has 23 heavy (non-hydrogen) atoms. The van der Waals surface area contributed by atoms with Crippen LogP contribution in [-0.4, -0.2) is 28.2 Å². The van der Waals surface area contributed by atoms with Gasteiger partial charge in [-0.25, -0.2) is 4.98 Å². The van der Waals surface area contributed by atoms with E-state index in [1.165, 1.54) is 25.4 Å². The van der Waals surface area contributed by atoms with Crippen LogP contribution in [0.1, 0.15) is 10.4 Å². The van der Waals surface area contributed by atoms with Gasteiger partial charge in [0.2, 0.25) is 5.88 Å². The number of hydrogen-bond donors (Lipinski definition) is 3. The van der Waals surface area contributed by atoms with E-state index in [0.29, 0.717) is 16.8 Å². The van der Waals surface area contributed by atoms with Crippen molar-refractivity contribution in [2.75, 3.05) is 12.4 Å². The van der Waals surface area contributed by atoms with E-state index >= 15 is 0 Å². The molecule has 6 heteroatoms. The molecule has 0 aliphatic carbocycles. The van der Waals surface area contributed by atoms with Gasteiger partial charge in [-0.15, -0.1) is 0 Å². The van der Waals surface area contributed by atoms with Crippen LogP contribution < -0.4 is 10.1 Å². The molecule has 1 amide bonds. The highest BCUT2D eigenvalue weighted by molar-refractivity contribution is 6.07. The molecule has 0 spiro atoms. The first-order valence-corrected chi connectivity index (χ1v) is 6.84. The lowest BCUT2D eigenvalue weighted by Crippen LogP contribution is -2.12. The van der Waals surface area contributed by atoms with Crippen molar-refractivity contribution in [1.29, 1.82) is 0 Å². The van der Waals surface area contributed by atoms with Crippen LogP contribution in [0, 0.1) is 0 Å². The molecule has 0 atom stereocenters. The van der Waals surface area contributed by atoms with Crippen molar-refractivity contribution in [3.8, 4) is 17.4 Å². The Morgan fingerprint density at radius 1 is 1.13 bits per heavy atom. The third-order valence-corrected chi connectivity index (χ3v) is 3.45. The number of nitrogens with zero attached hydrogens (tertiary/aromatic N) is 1. The van der Waals surface area contributed by atoms with Crippen LogP contribution in [0.4, 0.5) is 5.69 Å². The molecular weight excluding hydrogens is 296 g/mol. The van der Waals surface area contributed by atoms with Crippen molar-refractivity contribution in [3.05, 3.63) is 54.2 Å². The fraction of sp³-hybridized carbons (Fsp3) is 0.0588. The number of fused-ring (bicyclic) bond motifs is 1. The van der Waals surface area contributed by atoms with Gasteiger partial charge in [0, 0.05) is 17.3 Å². The summed E-state index contributed by atoms with van der Waals surface area (Å²) in [5.41, 5.74) is 0.577. The molecular formula is C17H14N2O4. The molecule has 0 radical (unpaired) electrons. The van der Waals surface area contributed by atoms with Gasteiger partial charge in [-0.1, -0.05) is 6.07 Å². The monoisotopic (exact) mass is 310 g/mol. The molecule has 0 unspecified atom stereocenters. The van der Waals surface area contributed by atoms with Crippen molar-refractivity contribution in [2.24, 2.45) is 0 Å². The number of benzene rings is 2. The number of carbonyl (C=O) groups is 1. The zero-order valence-corrected chi connectivity index (χ0v) is 12.3. The number of phenolic OH excluding ortho intramolecular Hbond substituents is 1. The number of anilines is 1. The molecule has 0 fully saturated rings. The summed E-state index contributed by atoms with van der Waals surface area (Å²) in [5.74, 6) is -0.270. The molecule has 0 saturated heterocycles. The molecule has 0 bridgehead atoms. The Balaban J connectivity index is 1.92. The molecule has 116 valence electrons. The van der Waals surface area contributed by atoms with Crippen LogP contribution >= 0.6 is 0 Å². The maximum absolute atomic E-state index is 12.3. The highest BCUT2D eigenvalue weighted by Crippen LogP contribution is 2.27. The van der Waals surface area contributed by atoms with Gasteiger partial charge in [0.05, 0.1) is 12.7 Å². The summed E-state index contributed by atoms with van der Waals surface area (Å²) in [4.78, 5) is 16.1. The number of rotatable bonds is 3. The van der Waals surface area contributed by atoms with E-state index in [1.54, 1.807) is 30.3 Å². The number of aromatic hydroxyl groups is 2. The SMILES string of the molecule is COc1ccc(O)c(C(=O)Nc2ccc3ccnc(O)c3c2)c1. The number of pyridine rings is 1. The molecule has 3 N–H and O–H groups in total. The van der Waals surface area contributed by atoms with Crippen molar-refractivity contribution >= 4 is 22.4 Å². The van der Waals surface area contributed by atoms with Crippen LogP contribution in [0.25, 0.3) is 10.8 Å². The molecule has 1 aromatic heterocycles. The Labute approximate surface area is 132 Å².